The minimum atomic E-state index is -0.813. The fourth-order valence-corrected chi connectivity index (χ4v) is 2.30. The van der Waals surface area contributed by atoms with Crippen molar-refractivity contribution in [2.24, 2.45) is 0 Å². The number of hydrogen-bond acceptors (Lipinski definition) is 3. The Kier molecular flexibility index (Phi) is 3.01. The number of carboxylic acid groups (broad SMARTS) is 1. The first-order valence-corrected chi connectivity index (χ1v) is 5.63. The summed E-state index contributed by atoms with van der Waals surface area (Å²) in [7, 11) is 0. The highest BCUT2D eigenvalue weighted by Gasteiger charge is 2.31. The standard InChI is InChI=1S/C13H14N2O2/c1-9-4-5-11(10(7-9)8-14)15-6-2-3-12(15)13(16)17/h4-5,7,12H,2-3,6H2,1H3,(H,16,17). The van der Waals surface area contributed by atoms with Crippen molar-refractivity contribution in [1.29, 1.82) is 5.26 Å². The molecule has 4 heteroatoms. The van der Waals surface area contributed by atoms with Gasteiger partial charge in [0, 0.05) is 6.54 Å². The highest BCUT2D eigenvalue weighted by Crippen LogP contribution is 2.29. The SMILES string of the molecule is Cc1ccc(N2CCCC2C(=O)O)c(C#N)c1. The van der Waals surface area contributed by atoms with Crippen LogP contribution in [0.3, 0.4) is 0 Å². The summed E-state index contributed by atoms with van der Waals surface area (Å²) in [5.74, 6) is -0.813. The molecular weight excluding hydrogens is 216 g/mol. The zero-order valence-corrected chi connectivity index (χ0v) is 9.68. The minimum absolute atomic E-state index is 0.496. The molecule has 17 heavy (non-hydrogen) atoms. The Morgan fingerprint density at radius 2 is 2.35 bits per heavy atom. The van der Waals surface area contributed by atoms with Gasteiger partial charge in [0.15, 0.2) is 0 Å². The molecule has 0 aromatic heterocycles. The molecule has 1 aliphatic heterocycles. The molecule has 1 aromatic rings. The lowest BCUT2D eigenvalue weighted by Crippen LogP contribution is -2.36. The van der Waals surface area contributed by atoms with Crippen molar-refractivity contribution >= 4 is 11.7 Å². The fraction of sp³-hybridized carbons (Fsp3) is 0.385. The van der Waals surface area contributed by atoms with E-state index in [0.717, 1.165) is 17.7 Å². The Balaban J connectivity index is 2.40. The highest BCUT2D eigenvalue weighted by molar-refractivity contribution is 5.80. The fourth-order valence-electron chi connectivity index (χ4n) is 2.30. The van der Waals surface area contributed by atoms with Crippen LogP contribution in [-0.2, 0) is 4.79 Å². The maximum absolute atomic E-state index is 11.1. The molecule has 1 N–H and O–H groups in total. The summed E-state index contributed by atoms with van der Waals surface area (Å²) in [6, 6.07) is 7.19. The molecule has 1 aliphatic rings. The number of anilines is 1. The zero-order valence-electron chi connectivity index (χ0n) is 9.68. The average Bonchev–Trinajstić information content (AvgIpc) is 2.77. The van der Waals surface area contributed by atoms with Gasteiger partial charge in [-0.15, -0.1) is 0 Å². The van der Waals surface area contributed by atoms with Crippen molar-refractivity contribution in [3.63, 3.8) is 0 Å². The zero-order chi connectivity index (χ0) is 12.4. The first-order valence-electron chi connectivity index (χ1n) is 5.63. The number of benzene rings is 1. The number of nitrogens with zero attached hydrogens (tertiary/aromatic N) is 2. The summed E-state index contributed by atoms with van der Waals surface area (Å²) in [4.78, 5) is 12.9. The van der Waals surface area contributed by atoms with Gasteiger partial charge in [0.25, 0.3) is 0 Å². The van der Waals surface area contributed by atoms with Crippen LogP contribution in [0.5, 0.6) is 0 Å². The highest BCUT2D eigenvalue weighted by atomic mass is 16.4. The van der Waals surface area contributed by atoms with Gasteiger partial charge in [0.2, 0.25) is 0 Å². The molecule has 0 radical (unpaired) electrons. The van der Waals surface area contributed by atoms with Crippen LogP contribution in [0.4, 0.5) is 5.69 Å². The largest absolute Gasteiger partial charge is 0.480 e. The van der Waals surface area contributed by atoms with Gasteiger partial charge >= 0.3 is 5.97 Å². The van der Waals surface area contributed by atoms with E-state index in [1.807, 2.05) is 24.0 Å². The molecule has 0 aliphatic carbocycles. The van der Waals surface area contributed by atoms with E-state index in [9.17, 15) is 4.79 Å². The van der Waals surface area contributed by atoms with E-state index < -0.39 is 12.0 Å². The molecule has 4 nitrogen and oxygen atoms in total. The van der Waals surface area contributed by atoms with E-state index in [1.165, 1.54) is 0 Å². The van der Waals surface area contributed by atoms with Crippen LogP contribution in [0.2, 0.25) is 0 Å². The van der Waals surface area contributed by atoms with E-state index in [-0.39, 0.29) is 0 Å². The third kappa shape index (κ3) is 2.09. The molecule has 88 valence electrons. The third-order valence-electron chi connectivity index (χ3n) is 3.12. The topological polar surface area (TPSA) is 64.3 Å². The quantitative estimate of drug-likeness (QED) is 0.843. The van der Waals surface area contributed by atoms with Gasteiger partial charge in [-0.2, -0.15) is 5.26 Å². The van der Waals surface area contributed by atoms with E-state index in [2.05, 4.69) is 6.07 Å². The van der Waals surface area contributed by atoms with E-state index >= 15 is 0 Å². The Morgan fingerprint density at radius 1 is 1.59 bits per heavy atom. The predicted molar refractivity (Wildman–Crippen MR) is 63.9 cm³/mol. The van der Waals surface area contributed by atoms with E-state index in [4.69, 9.17) is 10.4 Å². The van der Waals surface area contributed by atoms with Gasteiger partial charge in [-0.3, -0.25) is 0 Å². The lowest BCUT2D eigenvalue weighted by atomic mass is 10.1. The average molecular weight is 230 g/mol. The second kappa shape index (κ2) is 4.46. The van der Waals surface area contributed by atoms with Crippen molar-refractivity contribution < 1.29 is 9.90 Å². The molecular formula is C13H14N2O2. The van der Waals surface area contributed by atoms with Gasteiger partial charge in [-0.25, -0.2) is 4.79 Å². The number of nitriles is 1. The van der Waals surface area contributed by atoms with Crippen LogP contribution in [0.25, 0.3) is 0 Å². The first kappa shape index (κ1) is 11.5. The van der Waals surface area contributed by atoms with Gasteiger partial charge in [-0.1, -0.05) is 6.07 Å². The summed E-state index contributed by atoms with van der Waals surface area (Å²) in [5.41, 5.74) is 2.30. The van der Waals surface area contributed by atoms with E-state index in [1.54, 1.807) is 6.07 Å². The maximum Gasteiger partial charge on any atom is 0.326 e. The smallest absolute Gasteiger partial charge is 0.326 e. The monoisotopic (exact) mass is 230 g/mol. The molecule has 1 unspecified atom stereocenters. The summed E-state index contributed by atoms with van der Waals surface area (Å²) >= 11 is 0. The van der Waals surface area contributed by atoms with Crippen molar-refractivity contribution in [2.75, 3.05) is 11.4 Å². The van der Waals surface area contributed by atoms with Crippen molar-refractivity contribution in [3.05, 3.63) is 29.3 Å². The first-order chi connectivity index (χ1) is 8.13. The van der Waals surface area contributed by atoms with Gasteiger partial charge in [0.05, 0.1) is 11.3 Å². The second-order valence-corrected chi connectivity index (χ2v) is 4.32. The summed E-state index contributed by atoms with van der Waals surface area (Å²) < 4.78 is 0. The third-order valence-corrected chi connectivity index (χ3v) is 3.12. The maximum atomic E-state index is 11.1. The van der Waals surface area contributed by atoms with Crippen LogP contribution >= 0.6 is 0 Å². The molecule has 1 fully saturated rings. The van der Waals surface area contributed by atoms with E-state index in [0.29, 0.717) is 18.5 Å². The van der Waals surface area contributed by atoms with Gasteiger partial charge in [0.1, 0.15) is 12.1 Å². The minimum Gasteiger partial charge on any atom is -0.480 e. The number of rotatable bonds is 2. The van der Waals surface area contributed by atoms with Gasteiger partial charge in [-0.05, 0) is 37.5 Å². The van der Waals surface area contributed by atoms with Crippen molar-refractivity contribution in [2.45, 2.75) is 25.8 Å². The lowest BCUT2D eigenvalue weighted by Gasteiger charge is -2.24. The van der Waals surface area contributed by atoms with Gasteiger partial charge < -0.3 is 10.0 Å². The summed E-state index contributed by atoms with van der Waals surface area (Å²) in [6.45, 7) is 2.62. The molecule has 0 bridgehead atoms. The summed E-state index contributed by atoms with van der Waals surface area (Å²) in [6.07, 6.45) is 1.50. The molecule has 1 atom stereocenters. The molecule has 0 saturated carbocycles. The Morgan fingerprint density at radius 3 is 3.00 bits per heavy atom. The number of aliphatic carboxylic acids is 1. The normalized spacial score (nSPS) is 19.1. The van der Waals surface area contributed by atoms with Crippen molar-refractivity contribution in [3.8, 4) is 6.07 Å². The number of carboxylic acids is 1. The Labute approximate surface area is 100 Å². The van der Waals surface area contributed by atoms with Crippen LogP contribution in [0.1, 0.15) is 24.0 Å². The second-order valence-electron chi connectivity index (χ2n) is 4.32. The van der Waals surface area contributed by atoms with Crippen LogP contribution in [0, 0.1) is 18.3 Å². The predicted octanol–water partition coefficient (Wildman–Crippen LogP) is 1.92. The Bertz CT molecular complexity index is 491. The molecule has 0 spiro atoms. The molecule has 0 amide bonds. The molecule has 1 saturated heterocycles. The van der Waals surface area contributed by atoms with Crippen LogP contribution < -0.4 is 4.90 Å². The lowest BCUT2D eigenvalue weighted by molar-refractivity contribution is -0.138. The molecule has 1 aromatic carbocycles. The number of aryl methyl sites for hydroxylation is 1. The molecule has 1 heterocycles. The van der Waals surface area contributed by atoms with Crippen LogP contribution in [-0.4, -0.2) is 23.7 Å². The summed E-state index contributed by atoms with van der Waals surface area (Å²) in [5, 5.41) is 18.2. The molecule has 2 rings (SSSR count). The van der Waals surface area contributed by atoms with Crippen molar-refractivity contribution in [1.82, 2.24) is 0 Å². The Hall–Kier alpha value is -2.02. The number of carbonyl (C=O) groups is 1. The number of hydrogen-bond donors (Lipinski definition) is 1. The van der Waals surface area contributed by atoms with Crippen LogP contribution in [0.15, 0.2) is 18.2 Å².